The van der Waals surface area contributed by atoms with Crippen LogP contribution in [-0.4, -0.2) is 16.8 Å². The molecular formula is C19H23N3O2. The number of amides is 1. The molecule has 1 N–H and O–H groups in total. The summed E-state index contributed by atoms with van der Waals surface area (Å²) in [5, 5.41) is 9.38. The van der Waals surface area contributed by atoms with Crippen LogP contribution in [-0.2, 0) is 11.2 Å². The van der Waals surface area contributed by atoms with Gasteiger partial charge in [0.25, 0.3) is 0 Å². The van der Waals surface area contributed by atoms with E-state index in [0.29, 0.717) is 17.2 Å². The number of carbonyl (C=O) groups is 1. The van der Waals surface area contributed by atoms with Crippen LogP contribution in [0.3, 0.4) is 0 Å². The summed E-state index contributed by atoms with van der Waals surface area (Å²) >= 11 is 0. The van der Waals surface area contributed by atoms with E-state index in [0.717, 1.165) is 23.9 Å². The molecular weight excluding hydrogens is 302 g/mol. The second-order valence-corrected chi connectivity index (χ2v) is 7.89. The summed E-state index contributed by atoms with van der Waals surface area (Å²) < 4.78 is 5.25. The van der Waals surface area contributed by atoms with Crippen molar-refractivity contribution in [2.45, 2.75) is 46.5 Å². The molecule has 0 saturated heterocycles. The van der Waals surface area contributed by atoms with Crippen molar-refractivity contribution < 1.29 is 9.32 Å². The highest BCUT2D eigenvalue weighted by atomic mass is 16.5. The second kappa shape index (κ2) is 5.16. The van der Waals surface area contributed by atoms with Gasteiger partial charge in [-0.2, -0.15) is 5.10 Å². The highest BCUT2D eigenvalue weighted by Crippen LogP contribution is 2.63. The van der Waals surface area contributed by atoms with E-state index in [1.54, 1.807) is 0 Å². The maximum absolute atomic E-state index is 12.3. The zero-order valence-electron chi connectivity index (χ0n) is 14.4. The van der Waals surface area contributed by atoms with Gasteiger partial charge >= 0.3 is 0 Å². The van der Waals surface area contributed by atoms with Gasteiger partial charge in [-0.05, 0) is 42.7 Å². The fourth-order valence-electron chi connectivity index (χ4n) is 4.48. The molecule has 0 unspecified atom stereocenters. The number of hydrogen-bond acceptors (Lipinski definition) is 4. The Morgan fingerprint density at radius 1 is 1.38 bits per heavy atom. The van der Waals surface area contributed by atoms with Crippen molar-refractivity contribution in [2.24, 2.45) is 21.8 Å². The smallest absolute Gasteiger partial charge is 0.246 e. The highest BCUT2D eigenvalue weighted by Gasteiger charge is 2.59. The van der Waals surface area contributed by atoms with Crippen LogP contribution in [0, 0.1) is 16.7 Å². The molecule has 2 aromatic rings. The molecule has 1 amide bonds. The Hall–Kier alpha value is -2.17. The summed E-state index contributed by atoms with van der Waals surface area (Å²) in [5.74, 6) is 0.531. The van der Waals surface area contributed by atoms with E-state index in [2.05, 4.69) is 36.5 Å². The van der Waals surface area contributed by atoms with Gasteiger partial charge in [0.15, 0.2) is 5.58 Å². The van der Waals surface area contributed by atoms with Crippen LogP contribution in [0.2, 0.25) is 0 Å². The first-order chi connectivity index (χ1) is 11.4. The third kappa shape index (κ3) is 2.10. The molecule has 24 heavy (non-hydrogen) atoms. The van der Waals surface area contributed by atoms with Gasteiger partial charge in [-0.15, -0.1) is 0 Å². The van der Waals surface area contributed by atoms with Crippen LogP contribution >= 0.6 is 0 Å². The first-order valence-electron chi connectivity index (χ1n) is 8.61. The van der Waals surface area contributed by atoms with Gasteiger partial charge in [0, 0.05) is 16.5 Å². The first kappa shape index (κ1) is 15.4. The largest absolute Gasteiger partial charge is 0.356 e. The number of para-hydroxylation sites is 1. The zero-order chi connectivity index (χ0) is 16.9. The van der Waals surface area contributed by atoms with Crippen molar-refractivity contribution in [3.63, 3.8) is 0 Å². The summed E-state index contributed by atoms with van der Waals surface area (Å²) in [6.07, 6.45) is 3.60. The molecule has 4 rings (SSSR count). The lowest BCUT2D eigenvalue weighted by atomic mass is 9.70. The summed E-state index contributed by atoms with van der Waals surface area (Å²) in [5.41, 5.74) is 5.61. The molecule has 0 aliphatic heterocycles. The number of nitrogens with one attached hydrogen (secondary N) is 1. The van der Waals surface area contributed by atoms with E-state index in [9.17, 15) is 4.79 Å². The molecule has 1 aromatic heterocycles. The number of rotatable bonds is 3. The zero-order valence-corrected chi connectivity index (χ0v) is 14.4. The van der Waals surface area contributed by atoms with Crippen LogP contribution < -0.4 is 5.43 Å². The summed E-state index contributed by atoms with van der Waals surface area (Å²) in [6, 6.07) is 7.57. The molecule has 0 spiro atoms. The predicted molar refractivity (Wildman–Crippen MR) is 92.5 cm³/mol. The Balaban J connectivity index is 1.48. The maximum Gasteiger partial charge on any atom is 0.246 e. The van der Waals surface area contributed by atoms with Crippen LogP contribution in [0.5, 0.6) is 0 Å². The van der Waals surface area contributed by atoms with Crippen molar-refractivity contribution in [3.05, 3.63) is 30.0 Å². The van der Waals surface area contributed by atoms with E-state index in [4.69, 9.17) is 4.52 Å². The number of fused-ring (bicyclic) bond motifs is 3. The minimum atomic E-state index is -0.147. The molecule has 2 aliphatic carbocycles. The topological polar surface area (TPSA) is 67.5 Å². The number of aromatic nitrogens is 1. The fourth-order valence-corrected chi connectivity index (χ4v) is 4.48. The third-order valence-electron chi connectivity index (χ3n) is 6.61. The molecule has 126 valence electrons. The van der Waals surface area contributed by atoms with E-state index >= 15 is 0 Å². The van der Waals surface area contributed by atoms with Crippen molar-refractivity contribution in [2.75, 3.05) is 0 Å². The lowest BCUT2D eigenvalue weighted by Gasteiger charge is -2.34. The van der Waals surface area contributed by atoms with E-state index in [-0.39, 0.29) is 23.2 Å². The second-order valence-electron chi connectivity index (χ2n) is 7.89. The molecule has 2 saturated carbocycles. The maximum atomic E-state index is 12.3. The summed E-state index contributed by atoms with van der Waals surface area (Å²) in [7, 11) is 0. The number of nitrogens with zero attached hydrogens (tertiary/aromatic N) is 2. The number of hydrazone groups is 1. The van der Waals surface area contributed by atoms with Gasteiger partial charge in [0.1, 0.15) is 5.69 Å². The van der Waals surface area contributed by atoms with Crippen molar-refractivity contribution in [3.8, 4) is 0 Å². The number of hydrogen-bond donors (Lipinski definition) is 1. The molecule has 5 nitrogen and oxygen atoms in total. The summed E-state index contributed by atoms with van der Waals surface area (Å²) in [6.45, 7) is 6.95. The molecule has 0 radical (unpaired) electrons. The molecule has 2 bridgehead atoms. The average Bonchev–Trinajstić information content (AvgIpc) is 3.12. The quantitative estimate of drug-likeness (QED) is 0.875. The molecule has 5 heteroatoms. The van der Waals surface area contributed by atoms with Gasteiger partial charge in [0.05, 0.1) is 6.42 Å². The van der Waals surface area contributed by atoms with E-state index in [1.807, 2.05) is 24.3 Å². The van der Waals surface area contributed by atoms with Gasteiger partial charge in [-0.1, -0.05) is 38.1 Å². The van der Waals surface area contributed by atoms with Crippen LogP contribution in [0.15, 0.2) is 33.9 Å². The van der Waals surface area contributed by atoms with Gasteiger partial charge < -0.3 is 4.52 Å². The van der Waals surface area contributed by atoms with Gasteiger partial charge in [-0.3, -0.25) is 4.79 Å². The Morgan fingerprint density at radius 2 is 2.17 bits per heavy atom. The average molecular weight is 325 g/mol. The molecule has 2 atom stereocenters. The van der Waals surface area contributed by atoms with Gasteiger partial charge in [-0.25, -0.2) is 5.43 Å². The first-order valence-corrected chi connectivity index (χ1v) is 8.61. The Kier molecular flexibility index (Phi) is 3.31. The van der Waals surface area contributed by atoms with Crippen molar-refractivity contribution in [1.29, 1.82) is 0 Å². The standard InChI is InChI=1S/C19H23N3O2/c1-18(2)12-8-9-19(18,3)16(10-12)20-21-17(23)11-14-13-6-4-5-7-15(13)24-22-14/h4-7,12H,8-11H2,1-3H3,(H,21,23)/b20-16+/t12-,19+/m1/s1. The lowest BCUT2D eigenvalue weighted by molar-refractivity contribution is -0.120. The van der Waals surface area contributed by atoms with E-state index in [1.165, 1.54) is 6.42 Å². The van der Waals surface area contributed by atoms with Crippen molar-refractivity contribution in [1.82, 2.24) is 10.6 Å². The van der Waals surface area contributed by atoms with E-state index < -0.39 is 0 Å². The van der Waals surface area contributed by atoms with Crippen LogP contribution in [0.1, 0.15) is 45.7 Å². The monoisotopic (exact) mass is 325 g/mol. The number of benzene rings is 1. The Bertz CT molecular complexity index is 836. The number of carbonyl (C=O) groups excluding carboxylic acids is 1. The van der Waals surface area contributed by atoms with Crippen LogP contribution in [0.4, 0.5) is 0 Å². The third-order valence-corrected chi connectivity index (χ3v) is 6.61. The van der Waals surface area contributed by atoms with Crippen molar-refractivity contribution >= 4 is 22.6 Å². The normalized spacial score (nSPS) is 29.5. The predicted octanol–water partition coefficient (Wildman–Crippen LogP) is 3.69. The fraction of sp³-hybridized carbons (Fsp3) is 0.526. The minimum Gasteiger partial charge on any atom is -0.356 e. The highest BCUT2D eigenvalue weighted by molar-refractivity contribution is 5.95. The molecule has 1 heterocycles. The van der Waals surface area contributed by atoms with Gasteiger partial charge in [0.2, 0.25) is 5.91 Å². The Labute approximate surface area is 141 Å². The Morgan fingerprint density at radius 3 is 2.88 bits per heavy atom. The SMILES string of the molecule is CC1(C)[C@@H]2CC[C@@]1(C)/C(=N/NC(=O)Cc1noc3ccccc13)C2. The minimum absolute atomic E-state index is 0.103. The molecule has 2 fully saturated rings. The molecule has 1 aromatic carbocycles. The lowest BCUT2D eigenvalue weighted by Crippen LogP contribution is -2.34. The molecule has 2 aliphatic rings. The summed E-state index contributed by atoms with van der Waals surface area (Å²) in [4.78, 5) is 12.3. The van der Waals surface area contributed by atoms with Crippen LogP contribution in [0.25, 0.3) is 11.0 Å².